The Labute approximate surface area is 184 Å². The third-order valence-corrected chi connectivity index (χ3v) is 7.75. The van der Waals surface area contributed by atoms with Gasteiger partial charge in [0.25, 0.3) is 0 Å². The quantitative estimate of drug-likeness (QED) is 0.630. The van der Waals surface area contributed by atoms with Crippen LogP contribution in [0.2, 0.25) is 0 Å². The molecule has 1 fully saturated rings. The number of amides is 1. The Morgan fingerprint density at radius 2 is 1.74 bits per heavy atom. The van der Waals surface area contributed by atoms with Gasteiger partial charge in [0.15, 0.2) is 15.0 Å². The third-order valence-electron chi connectivity index (χ3n) is 5.25. The van der Waals surface area contributed by atoms with E-state index in [0.29, 0.717) is 23.9 Å². The van der Waals surface area contributed by atoms with Gasteiger partial charge in [-0.15, -0.1) is 11.3 Å². The minimum absolute atomic E-state index is 0.0364. The van der Waals surface area contributed by atoms with Crippen LogP contribution in [0.4, 0.5) is 9.52 Å². The van der Waals surface area contributed by atoms with E-state index in [1.54, 1.807) is 12.1 Å². The van der Waals surface area contributed by atoms with Crippen LogP contribution in [0.15, 0.2) is 54.6 Å². The second kappa shape index (κ2) is 8.86. The molecule has 1 atom stereocenters. The molecule has 0 saturated carbocycles. The molecule has 4 rings (SSSR count). The summed E-state index contributed by atoms with van der Waals surface area (Å²) in [6, 6.07) is 14.8. The summed E-state index contributed by atoms with van der Waals surface area (Å²) in [6.07, 6.45) is 0. The summed E-state index contributed by atoms with van der Waals surface area (Å²) in [5, 5.41) is 3.36. The third kappa shape index (κ3) is 5.00. The summed E-state index contributed by atoms with van der Waals surface area (Å²) in [5.74, 6) is -0.507. The summed E-state index contributed by atoms with van der Waals surface area (Å²) in [5.41, 5.74) is 2.27. The Balaban J connectivity index is 1.58. The van der Waals surface area contributed by atoms with E-state index in [4.69, 9.17) is 0 Å². The molecule has 3 aromatic rings. The molecule has 9 heteroatoms. The van der Waals surface area contributed by atoms with Crippen LogP contribution < -0.4 is 5.32 Å². The highest BCUT2D eigenvalue weighted by molar-refractivity contribution is 7.91. The summed E-state index contributed by atoms with van der Waals surface area (Å²) in [4.78, 5) is 20.6. The molecule has 6 nitrogen and oxygen atoms in total. The first-order valence-electron chi connectivity index (χ1n) is 9.86. The lowest BCUT2D eigenvalue weighted by Gasteiger charge is -2.33. The molecular weight excluding hydrogens is 437 g/mol. The largest absolute Gasteiger partial charge is 0.300 e. The minimum Gasteiger partial charge on any atom is -0.300 e. The molecule has 0 bridgehead atoms. The molecule has 31 heavy (non-hydrogen) atoms. The maximum atomic E-state index is 13.3. The van der Waals surface area contributed by atoms with E-state index < -0.39 is 15.9 Å². The first-order valence-corrected chi connectivity index (χ1v) is 12.5. The van der Waals surface area contributed by atoms with E-state index in [0.717, 1.165) is 16.0 Å². The maximum Gasteiger partial charge on any atom is 0.248 e. The average molecular weight is 460 g/mol. The Morgan fingerprint density at radius 3 is 2.39 bits per heavy atom. The van der Waals surface area contributed by atoms with Gasteiger partial charge in [0.1, 0.15) is 11.9 Å². The van der Waals surface area contributed by atoms with Crippen molar-refractivity contribution in [1.82, 2.24) is 9.88 Å². The van der Waals surface area contributed by atoms with Crippen LogP contribution in [0.1, 0.15) is 16.5 Å². The molecule has 2 heterocycles. The molecule has 1 N–H and O–H groups in total. The van der Waals surface area contributed by atoms with Crippen LogP contribution in [-0.4, -0.2) is 48.8 Å². The molecule has 1 aliphatic rings. The van der Waals surface area contributed by atoms with Gasteiger partial charge in [-0.25, -0.2) is 17.8 Å². The van der Waals surface area contributed by atoms with Crippen molar-refractivity contribution in [2.75, 3.05) is 29.9 Å². The fraction of sp³-hybridized carbons (Fsp3) is 0.273. The second-order valence-corrected chi connectivity index (χ2v) is 10.9. The Morgan fingerprint density at radius 1 is 1.10 bits per heavy atom. The lowest BCUT2D eigenvalue weighted by Crippen LogP contribution is -2.46. The zero-order valence-electron chi connectivity index (χ0n) is 16.9. The fourth-order valence-electron chi connectivity index (χ4n) is 3.65. The number of nitrogens with one attached hydrogen (secondary N) is 1. The summed E-state index contributed by atoms with van der Waals surface area (Å²) in [7, 11) is -3.06. The molecule has 1 aromatic heterocycles. The average Bonchev–Trinajstić information content (AvgIpc) is 3.10. The van der Waals surface area contributed by atoms with E-state index >= 15 is 0 Å². The molecule has 1 unspecified atom stereocenters. The number of aryl methyl sites for hydroxylation is 1. The Kier molecular flexibility index (Phi) is 6.17. The summed E-state index contributed by atoms with van der Waals surface area (Å²) in [6.45, 7) is 2.50. The topological polar surface area (TPSA) is 79.4 Å². The van der Waals surface area contributed by atoms with Crippen molar-refractivity contribution in [2.24, 2.45) is 0 Å². The normalized spacial score (nSPS) is 17.2. The van der Waals surface area contributed by atoms with E-state index in [9.17, 15) is 17.6 Å². The highest BCUT2D eigenvalue weighted by atomic mass is 32.2. The zero-order chi connectivity index (χ0) is 22.0. The van der Waals surface area contributed by atoms with Crippen molar-refractivity contribution < 1.29 is 17.6 Å². The van der Waals surface area contributed by atoms with Crippen LogP contribution in [0.25, 0.3) is 11.3 Å². The molecule has 0 radical (unpaired) electrons. The van der Waals surface area contributed by atoms with Gasteiger partial charge < -0.3 is 5.32 Å². The van der Waals surface area contributed by atoms with Crippen molar-refractivity contribution in [3.8, 4) is 11.3 Å². The number of nitrogens with zero attached hydrogens (tertiary/aromatic N) is 2. The number of carbonyl (C=O) groups excluding carboxylic acids is 1. The number of rotatable bonds is 5. The molecule has 0 aliphatic carbocycles. The zero-order valence-corrected chi connectivity index (χ0v) is 18.5. The minimum atomic E-state index is -3.06. The van der Waals surface area contributed by atoms with E-state index in [-0.39, 0.29) is 23.2 Å². The number of halogens is 1. The standard InChI is InChI=1S/C22H22FN3O3S2/c1-15-19(16-7-9-18(23)10-8-16)24-22(30-15)25-21(27)20(17-5-3-2-4-6-17)26-11-13-31(28,29)14-12-26/h2-10,20H,11-14H2,1H3,(H,24,25,27). The first-order chi connectivity index (χ1) is 14.8. The smallest absolute Gasteiger partial charge is 0.248 e. The van der Waals surface area contributed by atoms with Gasteiger partial charge in [-0.05, 0) is 36.8 Å². The van der Waals surface area contributed by atoms with Crippen molar-refractivity contribution in [2.45, 2.75) is 13.0 Å². The van der Waals surface area contributed by atoms with Crippen LogP contribution in [0.5, 0.6) is 0 Å². The predicted molar refractivity (Wildman–Crippen MR) is 120 cm³/mol. The highest BCUT2D eigenvalue weighted by Gasteiger charge is 2.33. The lowest BCUT2D eigenvalue weighted by molar-refractivity contribution is -0.121. The van der Waals surface area contributed by atoms with E-state index in [1.165, 1.54) is 23.5 Å². The monoisotopic (exact) mass is 459 g/mol. The number of aromatic nitrogens is 1. The van der Waals surface area contributed by atoms with Crippen LogP contribution in [-0.2, 0) is 14.6 Å². The predicted octanol–water partition coefficient (Wildman–Crippen LogP) is 3.67. The van der Waals surface area contributed by atoms with Crippen molar-refractivity contribution in [3.63, 3.8) is 0 Å². The molecular formula is C22H22FN3O3S2. The van der Waals surface area contributed by atoms with Crippen molar-refractivity contribution in [3.05, 3.63) is 70.9 Å². The molecule has 162 valence electrons. The Hall–Kier alpha value is -2.62. The molecule has 2 aromatic carbocycles. The SMILES string of the molecule is Cc1sc(NC(=O)C(c2ccccc2)N2CCS(=O)(=O)CC2)nc1-c1ccc(F)cc1. The van der Waals surface area contributed by atoms with E-state index in [1.807, 2.05) is 42.2 Å². The number of thiazole rings is 1. The summed E-state index contributed by atoms with van der Waals surface area (Å²) >= 11 is 1.35. The van der Waals surface area contributed by atoms with Crippen LogP contribution in [0.3, 0.4) is 0 Å². The van der Waals surface area contributed by atoms with Gasteiger partial charge >= 0.3 is 0 Å². The molecule has 1 amide bonds. The fourth-order valence-corrected chi connectivity index (χ4v) is 5.72. The highest BCUT2D eigenvalue weighted by Crippen LogP contribution is 2.32. The number of hydrogen-bond acceptors (Lipinski definition) is 6. The first kappa shape index (κ1) is 21.6. The van der Waals surface area contributed by atoms with Crippen LogP contribution in [0, 0.1) is 12.7 Å². The number of carbonyl (C=O) groups is 1. The second-order valence-electron chi connectivity index (χ2n) is 7.42. The lowest BCUT2D eigenvalue weighted by atomic mass is 10.0. The number of benzene rings is 2. The molecule has 1 aliphatic heterocycles. The van der Waals surface area contributed by atoms with Gasteiger partial charge in [-0.1, -0.05) is 30.3 Å². The summed E-state index contributed by atoms with van der Waals surface area (Å²) < 4.78 is 36.9. The van der Waals surface area contributed by atoms with Gasteiger partial charge in [-0.2, -0.15) is 0 Å². The molecule has 0 spiro atoms. The van der Waals surface area contributed by atoms with Gasteiger partial charge in [0.05, 0.1) is 17.2 Å². The van der Waals surface area contributed by atoms with Gasteiger partial charge in [-0.3, -0.25) is 9.69 Å². The van der Waals surface area contributed by atoms with Crippen LogP contribution >= 0.6 is 11.3 Å². The van der Waals surface area contributed by atoms with Gasteiger partial charge in [0, 0.05) is 23.5 Å². The van der Waals surface area contributed by atoms with Crippen molar-refractivity contribution in [1.29, 1.82) is 0 Å². The van der Waals surface area contributed by atoms with E-state index in [2.05, 4.69) is 10.3 Å². The Bertz CT molecular complexity index is 1160. The van der Waals surface area contributed by atoms with Crippen molar-refractivity contribution >= 4 is 32.2 Å². The number of anilines is 1. The maximum absolute atomic E-state index is 13.3. The number of hydrogen-bond donors (Lipinski definition) is 1. The molecule has 1 saturated heterocycles. The number of sulfone groups is 1. The van der Waals surface area contributed by atoms with Gasteiger partial charge in [0.2, 0.25) is 5.91 Å².